The number of hydrogen-bond acceptors (Lipinski definition) is 3. The molecule has 1 saturated heterocycles. The van der Waals surface area contributed by atoms with Crippen molar-refractivity contribution in [2.45, 2.75) is 26.3 Å². The molecule has 13 heavy (non-hydrogen) atoms. The van der Waals surface area contributed by atoms with Crippen LogP contribution in [-0.4, -0.2) is 23.5 Å². The van der Waals surface area contributed by atoms with E-state index in [9.17, 15) is 9.59 Å². The van der Waals surface area contributed by atoms with Gasteiger partial charge in [-0.2, -0.15) is 12.6 Å². The van der Waals surface area contributed by atoms with Gasteiger partial charge in [-0.25, -0.2) is 0 Å². The van der Waals surface area contributed by atoms with Gasteiger partial charge in [0.05, 0.1) is 12.0 Å². The lowest BCUT2D eigenvalue weighted by Gasteiger charge is -2.29. The molecule has 1 aliphatic rings. The van der Waals surface area contributed by atoms with Gasteiger partial charge < -0.3 is 5.32 Å². The van der Waals surface area contributed by atoms with E-state index in [0.29, 0.717) is 12.2 Å². The third-order valence-electron chi connectivity index (χ3n) is 2.35. The van der Waals surface area contributed by atoms with Crippen LogP contribution in [0.15, 0.2) is 0 Å². The van der Waals surface area contributed by atoms with E-state index in [1.54, 1.807) is 0 Å². The van der Waals surface area contributed by atoms with Gasteiger partial charge in [-0.3, -0.25) is 9.59 Å². The summed E-state index contributed by atoms with van der Waals surface area (Å²) in [7, 11) is 0. The summed E-state index contributed by atoms with van der Waals surface area (Å²) in [6, 6.07) is -0.288. The van der Waals surface area contributed by atoms with Gasteiger partial charge in [-0.1, -0.05) is 13.8 Å². The Hall–Kier alpha value is -0.510. The first-order chi connectivity index (χ1) is 6.06. The highest BCUT2D eigenvalue weighted by atomic mass is 32.1. The third-order valence-corrected chi connectivity index (χ3v) is 2.79. The van der Waals surface area contributed by atoms with Crippen LogP contribution >= 0.6 is 12.6 Å². The van der Waals surface area contributed by atoms with Gasteiger partial charge in [0, 0.05) is 12.2 Å². The van der Waals surface area contributed by atoms with Crippen molar-refractivity contribution in [2.75, 3.05) is 5.75 Å². The fraction of sp³-hybridized carbons (Fsp3) is 0.778. The fourth-order valence-corrected chi connectivity index (χ4v) is 1.79. The van der Waals surface area contributed by atoms with Gasteiger partial charge in [0.25, 0.3) is 0 Å². The maximum atomic E-state index is 11.5. The number of piperidine rings is 1. The topological polar surface area (TPSA) is 46.2 Å². The summed E-state index contributed by atoms with van der Waals surface area (Å²) >= 11 is 4.03. The molecule has 0 aliphatic carbocycles. The van der Waals surface area contributed by atoms with Gasteiger partial charge >= 0.3 is 0 Å². The number of Topliss-reactive ketones (excluding diaryl/α,β-unsaturated/α-hetero) is 1. The quantitative estimate of drug-likeness (QED) is 0.644. The number of rotatable bonds is 2. The van der Waals surface area contributed by atoms with Crippen molar-refractivity contribution in [3.63, 3.8) is 0 Å². The van der Waals surface area contributed by atoms with Crippen molar-refractivity contribution in [1.82, 2.24) is 5.32 Å². The van der Waals surface area contributed by atoms with Gasteiger partial charge in [-0.05, 0) is 5.92 Å². The number of amides is 1. The van der Waals surface area contributed by atoms with Gasteiger partial charge in [0.15, 0.2) is 5.78 Å². The molecule has 3 nitrogen and oxygen atoms in total. The van der Waals surface area contributed by atoms with Gasteiger partial charge in [0.2, 0.25) is 5.91 Å². The van der Waals surface area contributed by atoms with E-state index in [1.165, 1.54) is 0 Å². The first-order valence-electron chi connectivity index (χ1n) is 4.50. The summed E-state index contributed by atoms with van der Waals surface area (Å²) in [5.74, 6) is 0.493. The maximum Gasteiger partial charge on any atom is 0.224 e. The molecule has 1 aliphatic heterocycles. The van der Waals surface area contributed by atoms with E-state index >= 15 is 0 Å². The minimum Gasteiger partial charge on any atom is -0.346 e. The maximum absolute atomic E-state index is 11.5. The second-order valence-corrected chi connectivity index (χ2v) is 4.15. The first-order valence-corrected chi connectivity index (χ1v) is 5.13. The van der Waals surface area contributed by atoms with Crippen LogP contribution in [0.4, 0.5) is 0 Å². The lowest BCUT2D eigenvalue weighted by Crippen LogP contribution is -2.52. The Kier molecular flexibility index (Phi) is 3.36. The molecule has 0 radical (unpaired) electrons. The minimum absolute atomic E-state index is 0.0340. The Morgan fingerprint density at radius 2 is 2.15 bits per heavy atom. The smallest absolute Gasteiger partial charge is 0.224 e. The van der Waals surface area contributed by atoms with E-state index in [-0.39, 0.29) is 29.6 Å². The summed E-state index contributed by atoms with van der Waals surface area (Å²) in [6.45, 7) is 3.87. The van der Waals surface area contributed by atoms with Crippen molar-refractivity contribution >= 4 is 24.3 Å². The summed E-state index contributed by atoms with van der Waals surface area (Å²) in [5.41, 5.74) is 0. The summed E-state index contributed by atoms with van der Waals surface area (Å²) in [5, 5.41) is 2.73. The van der Waals surface area contributed by atoms with Crippen molar-refractivity contribution < 1.29 is 9.59 Å². The van der Waals surface area contributed by atoms with E-state index < -0.39 is 0 Å². The van der Waals surface area contributed by atoms with Crippen LogP contribution in [0.25, 0.3) is 0 Å². The molecule has 1 fully saturated rings. The zero-order valence-corrected chi connectivity index (χ0v) is 8.80. The Balaban J connectivity index is 2.67. The Bertz CT molecular complexity index is 228. The molecule has 2 atom stereocenters. The summed E-state index contributed by atoms with van der Waals surface area (Å²) in [6.07, 6.45) is 0.345. The normalized spacial score (nSPS) is 29.2. The standard InChI is InChI=1S/C9H15NO2S/c1-5(2)8-7(11)3-6(4-13)9(12)10-8/h5-6,8,13H,3-4H2,1-2H3,(H,10,12)/t6-,8+/m0/s1. The highest BCUT2D eigenvalue weighted by Crippen LogP contribution is 2.17. The van der Waals surface area contributed by atoms with E-state index in [0.717, 1.165) is 0 Å². The van der Waals surface area contributed by atoms with Crippen LogP contribution in [-0.2, 0) is 9.59 Å². The zero-order chi connectivity index (χ0) is 10.0. The van der Waals surface area contributed by atoms with Crippen LogP contribution in [0.3, 0.4) is 0 Å². The van der Waals surface area contributed by atoms with Crippen LogP contribution in [0, 0.1) is 11.8 Å². The average molecular weight is 201 g/mol. The molecule has 1 heterocycles. The zero-order valence-electron chi connectivity index (χ0n) is 7.91. The third kappa shape index (κ3) is 2.24. The first kappa shape index (κ1) is 10.6. The van der Waals surface area contributed by atoms with E-state index in [1.807, 2.05) is 13.8 Å². The van der Waals surface area contributed by atoms with Crippen molar-refractivity contribution in [1.29, 1.82) is 0 Å². The SMILES string of the molecule is CC(C)[C@H]1NC(=O)[C@H](CS)CC1=O. The van der Waals surface area contributed by atoms with Gasteiger partial charge in [0.1, 0.15) is 0 Å². The predicted molar refractivity (Wildman–Crippen MR) is 53.7 cm³/mol. The van der Waals surface area contributed by atoms with Crippen LogP contribution < -0.4 is 5.32 Å². The Morgan fingerprint density at radius 1 is 1.54 bits per heavy atom. The molecular weight excluding hydrogens is 186 g/mol. The van der Waals surface area contributed by atoms with Crippen LogP contribution in [0.1, 0.15) is 20.3 Å². The lowest BCUT2D eigenvalue weighted by atomic mass is 9.88. The highest BCUT2D eigenvalue weighted by molar-refractivity contribution is 7.80. The number of ketones is 1. The molecule has 74 valence electrons. The molecule has 0 aromatic rings. The van der Waals surface area contributed by atoms with E-state index in [2.05, 4.69) is 17.9 Å². The Labute approximate surface area is 83.7 Å². The molecule has 0 aromatic carbocycles. The van der Waals surface area contributed by atoms with Crippen molar-refractivity contribution in [3.8, 4) is 0 Å². The molecular formula is C9H15NO2S. The van der Waals surface area contributed by atoms with E-state index in [4.69, 9.17) is 0 Å². The van der Waals surface area contributed by atoms with Crippen LogP contribution in [0.5, 0.6) is 0 Å². The number of hydrogen-bond donors (Lipinski definition) is 2. The van der Waals surface area contributed by atoms with Crippen molar-refractivity contribution in [3.05, 3.63) is 0 Å². The predicted octanol–water partition coefficient (Wildman–Crippen LogP) is 0.646. The second-order valence-electron chi connectivity index (χ2n) is 3.78. The molecule has 0 spiro atoms. The summed E-state index contributed by atoms with van der Waals surface area (Å²) in [4.78, 5) is 22.9. The monoisotopic (exact) mass is 201 g/mol. The fourth-order valence-electron chi connectivity index (χ4n) is 1.50. The van der Waals surface area contributed by atoms with Crippen molar-refractivity contribution in [2.24, 2.45) is 11.8 Å². The van der Waals surface area contributed by atoms with Gasteiger partial charge in [-0.15, -0.1) is 0 Å². The minimum atomic E-state index is -0.288. The average Bonchev–Trinajstić information content (AvgIpc) is 2.07. The largest absolute Gasteiger partial charge is 0.346 e. The number of nitrogens with one attached hydrogen (secondary N) is 1. The lowest BCUT2D eigenvalue weighted by molar-refractivity contribution is -0.137. The molecule has 0 aromatic heterocycles. The van der Waals surface area contributed by atoms with Crippen LogP contribution in [0.2, 0.25) is 0 Å². The number of thiol groups is 1. The second kappa shape index (κ2) is 4.13. The Morgan fingerprint density at radius 3 is 2.62 bits per heavy atom. The molecule has 1 N–H and O–H groups in total. The highest BCUT2D eigenvalue weighted by Gasteiger charge is 2.34. The molecule has 0 bridgehead atoms. The molecule has 1 amide bonds. The number of carbonyl (C=O) groups excluding carboxylic acids is 2. The summed E-state index contributed by atoms with van der Waals surface area (Å²) < 4.78 is 0. The molecule has 4 heteroatoms. The molecule has 1 rings (SSSR count). The molecule has 0 unspecified atom stereocenters. The number of carbonyl (C=O) groups is 2. The molecule has 0 saturated carbocycles.